The Hall–Kier alpha value is -1.28. The van der Waals surface area contributed by atoms with E-state index in [2.05, 4.69) is 5.43 Å². The second-order valence-electron chi connectivity index (χ2n) is 8.48. The molecule has 2 aliphatic heterocycles. The van der Waals surface area contributed by atoms with Gasteiger partial charge in [-0.2, -0.15) is 0 Å². The first-order valence-corrected chi connectivity index (χ1v) is 8.49. The molecular formula is C16H29BN2O5. The average Bonchev–Trinajstić information content (AvgIpc) is 2.58. The highest BCUT2D eigenvalue weighted by Gasteiger charge is 2.56. The van der Waals surface area contributed by atoms with Crippen LogP contribution in [0, 0.1) is 0 Å². The Kier molecular flexibility index (Phi) is 4.94. The molecule has 0 aromatic heterocycles. The summed E-state index contributed by atoms with van der Waals surface area (Å²) in [5.74, 6) is -0.639. The number of nitrogens with one attached hydrogen (secondary N) is 1. The van der Waals surface area contributed by atoms with E-state index in [0.29, 0.717) is 13.0 Å². The molecule has 2 amide bonds. The molecule has 0 aliphatic carbocycles. The summed E-state index contributed by atoms with van der Waals surface area (Å²) in [6.45, 7) is 13.6. The molecule has 2 saturated heterocycles. The number of rotatable bonds is 2. The van der Waals surface area contributed by atoms with Gasteiger partial charge in [-0.3, -0.25) is 9.80 Å². The molecule has 2 fully saturated rings. The van der Waals surface area contributed by atoms with E-state index in [1.165, 1.54) is 5.01 Å². The Morgan fingerprint density at radius 3 is 2.29 bits per heavy atom. The molecule has 1 unspecified atom stereocenters. The summed E-state index contributed by atoms with van der Waals surface area (Å²) >= 11 is 0. The molecule has 0 bridgehead atoms. The average molecular weight is 340 g/mol. The fraction of sp³-hybridized carbons (Fsp3) is 0.875. The highest BCUT2D eigenvalue weighted by Crippen LogP contribution is 2.42. The van der Waals surface area contributed by atoms with Gasteiger partial charge in [0, 0.05) is 6.54 Å². The van der Waals surface area contributed by atoms with Crippen molar-refractivity contribution in [3.05, 3.63) is 0 Å². The molecule has 2 heterocycles. The van der Waals surface area contributed by atoms with Crippen LogP contribution in [0.4, 0.5) is 4.79 Å². The fourth-order valence-corrected chi connectivity index (χ4v) is 2.73. The van der Waals surface area contributed by atoms with Gasteiger partial charge in [-0.05, 0) is 61.3 Å². The molecule has 8 heteroatoms. The molecule has 2 rings (SSSR count). The zero-order chi connectivity index (χ0) is 18.3. The van der Waals surface area contributed by atoms with Crippen molar-refractivity contribution in [3.8, 4) is 0 Å². The predicted octanol–water partition coefficient (Wildman–Crippen LogP) is 2.51. The van der Waals surface area contributed by atoms with Crippen molar-refractivity contribution in [1.82, 2.24) is 10.4 Å². The topological polar surface area (TPSA) is 77.1 Å². The van der Waals surface area contributed by atoms with Gasteiger partial charge in [-0.25, -0.2) is 10.2 Å². The normalized spacial score (nSPS) is 26.5. The first kappa shape index (κ1) is 19.1. The van der Waals surface area contributed by atoms with E-state index in [0.717, 1.165) is 6.42 Å². The maximum absolute atomic E-state index is 12.7. The molecule has 0 aromatic carbocycles. The standard InChI is InChI=1S/C16H29BN2O5/c1-14(2,3)22-13(21)18-19-10-8-9-11(12(19)20)17-23-15(4,5)16(6,7)24-17/h11H,8-10H2,1-7H3,(H,18,21). The van der Waals surface area contributed by atoms with E-state index in [9.17, 15) is 9.59 Å². The van der Waals surface area contributed by atoms with Crippen LogP contribution in [0.15, 0.2) is 0 Å². The Bertz CT molecular complexity index is 499. The van der Waals surface area contributed by atoms with Crippen LogP contribution in [0.1, 0.15) is 61.3 Å². The van der Waals surface area contributed by atoms with Crippen LogP contribution >= 0.6 is 0 Å². The second kappa shape index (κ2) is 6.22. The fourth-order valence-electron chi connectivity index (χ4n) is 2.73. The zero-order valence-electron chi connectivity index (χ0n) is 15.8. The van der Waals surface area contributed by atoms with Gasteiger partial charge in [0.1, 0.15) is 5.60 Å². The van der Waals surface area contributed by atoms with Gasteiger partial charge < -0.3 is 14.0 Å². The van der Waals surface area contributed by atoms with Crippen LogP contribution in [0.3, 0.4) is 0 Å². The van der Waals surface area contributed by atoms with Crippen molar-refractivity contribution in [1.29, 1.82) is 0 Å². The van der Waals surface area contributed by atoms with Gasteiger partial charge in [0.05, 0.1) is 17.0 Å². The first-order valence-electron chi connectivity index (χ1n) is 8.49. The molecule has 0 spiro atoms. The van der Waals surface area contributed by atoms with Crippen molar-refractivity contribution < 1.29 is 23.6 Å². The smallest absolute Gasteiger partial charge is 0.443 e. The predicted molar refractivity (Wildman–Crippen MR) is 90.1 cm³/mol. The van der Waals surface area contributed by atoms with E-state index in [4.69, 9.17) is 14.0 Å². The lowest BCUT2D eigenvalue weighted by Crippen LogP contribution is -2.54. The summed E-state index contributed by atoms with van der Waals surface area (Å²) in [5, 5.41) is 1.31. The zero-order valence-corrected chi connectivity index (χ0v) is 15.8. The summed E-state index contributed by atoms with van der Waals surface area (Å²) < 4.78 is 17.2. The Labute approximate surface area is 144 Å². The SMILES string of the molecule is CC(C)(C)OC(=O)NN1CCCC(B2OC(C)(C)C(C)(C)O2)C1=O. The van der Waals surface area contributed by atoms with Gasteiger partial charge in [0.15, 0.2) is 0 Å². The Morgan fingerprint density at radius 2 is 1.79 bits per heavy atom. The van der Waals surface area contributed by atoms with E-state index in [1.807, 2.05) is 27.7 Å². The van der Waals surface area contributed by atoms with E-state index < -0.39 is 35.8 Å². The number of hydrazine groups is 1. The maximum atomic E-state index is 12.7. The number of nitrogens with zero attached hydrogens (tertiary/aromatic N) is 1. The molecule has 0 radical (unpaired) electrons. The summed E-state index contributed by atoms with van der Waals surface area (Å²) in [6.07, 6.45) is 0.795. The molecule has 136 valence electrons. The van der Waals surface area contributed by atoms with Gasteiger partial charge in [-0.1, -0.05) is 0 Å². The third kappa shape index (κ3) is 4.03. The van der Waals surface area contributed by atoms with E-state index in [1.54, 1.807) is 20.8 Å². The highest BCUT2D eigenvalue weighted by molar-refractivity contribution is 6.52. The summed E-state index contributed by atoms with van der Waals surface area (Å²) in [5.41, 5.74) is 0.940. The monoisotopic (exact) mass is 340 g/mol. The summed E-state index contributed by atoms with van der Waals surface area (Å²) in [4.78, 5) is 24.6. The van der Waals surface area contributed by atoms with E-state index >= 15 is 0 Å². The van der Waals surface area contributed by atoms with Crippen LogP contribution in [0.2, 0.25) is 5.82 Å². The van der Waals surface area contributed by atoms with Crippen molar-refractivity contribution in [2.75, 3.05) is 6.54 Å². The van der Waals surface area contributed by atoms with Gasteiger partial charge in [-0.15, -0.1) is 0 Å². The summed E-state index contributed by atoms with van der Waals surface area (Å²) in [6, 6.07) is 0. The minimum atomic E-state index is -0.634. The Balaban J connectivity index is 2.02. The van der Waals surface area contributed by atoms with Crippen LogP contribution < -0.4 is 5.43 Å². The molecule has 2 aliphatic rings. The number of carbonyl (C=O) groups excluding carboxylic acids is 2. The third-order valence-corrected chi connectivity index (χ3v) is 4.71. The minimum absolute atomic E-state index is 0.203. The number of piperidine rings is 1. The van der Waals surface area contributed by atoms with Crippen LogP contribution in [0.5, 0.6) is 0 Å². The lowest BCUT2D eigenvalue weighted by atomic mass is 9.67. The first-order chi connectivity index (χ1) is 10.8. The van der Waals surface area contributed by atoms with Crippen LogP contribution in [0.25, 0.3) is 0 Å². The third-order valence-electron chi connectivity index (χ3n) is 4.71. The summed E-state index contributed by atoms with van der Waals surface area (Å²) in [7, 11) is -0.606. The van der Waals surface area contributed by atoms with Crippen molar-refractivity contribution >= 4 is 19.1 Å². The molecule has 24 heavy (non-hydrogen) atoms. The minimum Gasteiger partial charge on any atom is -0.443 e. The van der Waals surface area contributed by atoms with E-state index in [-0.39, 0.29) is 5.91 Å². The maximum Gasteiger partial charge on any atom is 0.471 e. The van der Waals surface area contributed by atoms with Gasteiger partial charge in [0.2, 0.25) is 5.91 Å². The molecule has 0 saturated carbocycles. The lowest BCUT2D eigenvalue weighted by Gasteiger charge is -2.33. The largest absolute Gasteiger partial charge is 0.471 e. The molecule has 1 atom stereocenters. The lowest BCUT2D eigenvalue weighted by molar-refractivity contribution is -0.137. The number of ether oxygens (including phenoxy) is 1. The molecule has 7 nitrogen and oxygen atoms in total. The molecule has 1 N–H and O–H groups in total. The highest BCUT2D eigenvalue weighted by atomic mass is 16.7. The van der Waals surface area contributed by atoms with Crippen molar-refractivity contribution in [2.24, 2.45) is 0 Å². The van der Waals surface area contributed by atoms with Crippen molar-refractivity contribution in [3.63, 3.8) is 0 Å². The molecular weight excluding hydrogens is 311 g/mol. The van der Waals surface area contributed by atoms with Crippen molar-refractivity contribution in [2.45, 2.75) is 83.9 Å². The number of hydrogen-bond acceptors (Lipinski definition) is 5. The Morgan fingerprint density at radius 1 is 1.25 bits per heavy atom. The van der Waals surface area contributed by atoms with Gasteiger partial charge in [0.25, 0.3) is 0 Å². The van der Waals surface area contributed by atoms with Crippen LogP contribution in [-0.2, 0) is 18.8 Å². The number of hydrogen-bond donors (Lipinski definition) is 1. The van der Waals surface area contributed by atoms with Crippen LogP contribution in [-0.4, -0.2) is 47.5 Å². The van der Waals surface area contributed by atoms with Gasteiger partial charge >= 0.3 is 13.2 Å². The quantitative estimate of drug-likeness (QED) is 0.782. The number of amides is 2. The number of carbonyl (C=O) groups is 2. The molecule has 0 aromatic rings. The second-order valence-corrected chi connectivity index (χ2v) is 8.48.